The number of Topliss-reactive ketones (excluding diaryl/α,β-unsaturated/α-hetero) is 1. The van der Waals surface area contributed by atoms with Crippen LogP contribution in [0.3, 0.4) is 0 Å². The number of hydrogen-bond acceptors (Lipinski definition) is 2. The number of hydrogen-bond donors (Lipinski definition) is 0. The average molecular weight is 180 g/mol. The van der Waals surface area contributed by atoms with Crippen molar-refractivity contribution in [3.8, 4) is 0 Å². The molecule has 3 nitrogen and oxygen atoms in total. The van der Waals surface area contributed by atoms with E-state index in [4.69, 9.17) is 5.73 Å². The first-order chi connectivity index (χ1) is 4.72. The molecule has 58 valence electrons. The minimum absolute atomic E-state index is 0. The monoisotopic (exact) mass is 180 g/mol. The molecule has 0 amide bonds. The van der Waals surface area contributed by atoms with E-state index in [1.807, 2.05) is 11.8 Å². The van der Waals surface area contributed by atoms with Crippen LogP contribution in [-0.2, 0) is 4.79 Å². The van der Waals surface area contributed by atoms with E-state index < -0.39 is 0 Å². The summed E-state index contributed by atoms with van der Waals surface area (Å²) in [4.78, 5) is 12.8. The zero-order chi connectivity index (χ0) is 7.56. The maximum absolute atomic E-state index is 10.8. The Morgan fingerprint density at radius 1 is 1.64 bits per heavy atom. The Kier molecular flexibility index (Phi) is 6.45. The molecule has 0 aliphatic carbocycles. The number of ketones is 1. The Balaban J connectivity index is 0.000001000. The number of carbonyl (C=O) groups is 1. The summed E-state index contributed by atoms with van der Waals surface area (Å²) in [6.45, 7) is 4.00. The number of carbonyl (C=O) groups excluding carboxylic acids is 1. The van der Waals surface area contributed by atoms with Gasteiger partial charge in [0.15, 0.2) is 0 Å². The van der Waals surface area contributed by atoms with E-state index in [0.717, 1.165) is 13.1 Å². The first-order valence-corrected chi connectivity index (χ1v) is 3.67. The Morgan fingerprint density at radius 3 is 2.55 bits per heavy atom. The molecule has 0 aromatic rings. The van der Waals surface area contributed by atoms with Crippen LogP contribution in [0.15, 0.2) is 0 Å². The van der Waals surface area contributed by atoms with Crippen LogP contribution >= 0.6 is 0 Å². The van der Waals surface area contributed by atoms with Gasteiger partial charge in [-0.3, -0.25) is 9.69 Å². The average Bonchev–Trinajstić information content (AvgIpc) is 1.84. The molecule has 0 atom stereocenters. The van der Waals surface area contributed by atoms with E-state index in [1.54, 1.807) is 0 Å². The molecule has 1 fully saturated rings. The molecule has 1 heterocycles. The fourth-order valence-corrected chi connectivity index (χ4v) is 1.06. The first kappa shape index (κ1) is 12.2. The van der Waals surface area contributed by atoms with Crippen LogP contribution in [-0.4, -0.2) is 36.4 Å². The Bertz CT molecular complexity index is 134. The van der Waals surface area contributed by atoms with E-state index in [0.29, 0.717) is 13.0 Å². The predicted octanol–water partition coefficient (Wildman–Crippen LogP) is -2.29. The van der Waals surface area contributed by atoms with Crippen LogP contribution in [0.1, 0.15) is 13.3 Å². The summed E-state index contributed by atoms with van der Waals surface area (Å²) in [5.41, 5.74) is 7.19. The summed E-state index contributed by atoms with van der Waals surface area (Å²) in [5, 5.41) is 0. The molecular weight excluding hydrogens is 167 g/mol. The molecule has 1 saturated heterocycles. The van der Waals surface area contributed by atoms with Gasteiger partial charge in [-0.25, -0.2) is 0 Å². The van der Waals surface area contributed by atoms with E-state index >= 15 is 0 Å². The second-order valence-corrected chi connectivity index (χ2v) is 2.78. The van der Waals surface area contributed by atoms with Crippen molar-refractivity contribution < 1.29 is 56.2 Å². The number of nitrogens with zero attached hydrogens (tertiary/aromatic N) is 1. The van der Waals surface area contributed by atoms with Crippen molar-refractivity contribution in [3.05, 3.63) is 5.73 Å². The van der Waals surface area contributed by atoms with Gasteiger partial charge in [0.1, 0.15) is 5.78 Å². The van der Waals surface area contributed by atoms with Crippen molar-refractivity contribution in [3.63, 3.8) is 0 Å². The van der Waals surface area contributed by atoms with Crippen LogP contribution in [0, 0.1) is 0 Å². The smallest absolute Gasteiger partial charge is 0.673 e. The van der Waals surface area contributed by atoms with Gasteiger partial charge in [0.2, 0.25) is 0 Å². The molecule has 0 bridgehead atoms. The van der Waals surface area contributed by atoms with E-state index in [9.17, 15) is 4.79 Å². The third kappa shape index (κ3) is 4.12. The van der Waals surface area contributed by atoms with Gasteiger partial charge in [0.05, 0.1) is 6.54 Å². The zero-order valence-electron chi connectivity index (χ0n) is 7.26. The van der Waals surface area contributed by atoms with E-state index in [2.05, 4.69) is 0 Å². The van der Waals surface area contributed by atoms with Gasteiger partial charge in [0.25, 0.3) is 0 Å². The molecule has 1 aliphatic rings. The summed E-state index contributed by atoms with van der Waals surface area (Å²) >= 11 is 0. The van der Waals surface area contributed by atoms with Crippen molar-refractivity contribution in [1.29, 1.82) is 0 Å². The topological polar surface area (TPSA) is 44.1 Å². The quantitative estimate of drug-likeness (QED) is 0.459. The second-order valence-electron chi connectivity index (χ2n) is 2.78. The largest absolute Gasteiger partial charge is 1.00 e. The molecule has 0 saturated carbocycles. The molecular formula is C7H13KN2O. The van der Waals surface area contributed by atoms with Crippen molar-refractivity contribution in [2.45, 2.75) is 19.4 Å². The first-order valence-electron chi connectivity index (χ1n) is 3.67. The molecule has 0 aromatic carbocycles. The minimum Gasteiger partial charge on any atom is -0.673 e. The second kappa shape index (κ2) is 5.80. The molecule has 1 aliphatic heterocycles. The van der Waals surface area contributed by atoms with Crippen molar-refractivity contribution >= 4 is 5.78 Å². The van der Waals surface area contributed by atoms with Crippen molar-refractivity contribution in [1.82, 2.24) is 4.90 Å². The SMILES string of the molecule is CCC(=O)CN1CC([NH-])C1.[K+]. The Labute approximate surface area is 110 Å². The maximum atomic E-state index is 10.8. The minimum atomic E-state index is 0. The Morgan fingerprint density at radius 2 is 2.18 bits per heavy atom. The molecule has 4 heteroatoms. The third-order valence-electron chi connectivity index (χ3n) is 1.75. The van der Waals surface area contributed by atoms with Gasteiger partial charge in [-0.05, 0) is 13.1 Å². The van der Waals surface area contributed by atoms with Gasteiger partial charge in [-0.15, -0.1) is 6.04 Å². The summed E-state index contributed by atoms with van der Waals surface area (Å²) in [6, 6.07) is 0.0599. The van der Waals surface area contributed by atoms with Gasteiger partial charge in [-0.2, -0.15) is 0 Å². The van der Waals surface area contributed by atoms with Gasteiger partial charge in [0, 0.05) is 6.42 Å². The van der Waals surface area contributed by atoms with Gasteiger partial charge >= 0.3 is 51.4 Å². The van der Waals surface area contributed by atoms with Gasteiger partial charge in [-0.1, -0.05) is 6.92 Å². The van der Waals surface area contributed by atoms with Crippen LogP contribution in [0.5, 0.6) is 0 Å². The normalized spacial score (nSPS) is 18.7. The molecule has 1 rings (SSSR count). The molecule has 0 aromatic heterocycles. The summed E-state index contributed by atoms with van der Waals surface area (Å²) in [6.07, 6.45) is 0.624. The molecule has 1 N–H and O–H groups in total. The van der Waals surface area contributed by atoms with Crippen LogP contribution < -0.4 is 51.4 Å². The third-order valence-corrected chi connectivity index (χ3v) is 1.75. The van der Waals surface area contributed by atoms with Crippen molar-refractivity contribution in [2.24, 2.45) is 0 Å². The van der Waals surface area contributed by atoms with Gasteiger partial charge < -0.3 is 5.73 Å². The predicted molar refractivity (Wildman–Crippen MR) is 39.8 cm³/mol. The fourth-order valence-electron chi connectivity index (χ4n) is 1.06. The zero-order valence-corrected chi connectivity index (χ0v) is 10.4. The fraction of sp³-hybridized carbons (Fsp3) is 0.857. The standard InChI is InChI=1S/C7H13N2O.K/c1-2-7(10)5-9-3-6(8)4-9;/h6,8H,2-5H2,1H3;/q-1;+1. The number of rotatable bonds is 3. The van der Waals surface area contributed by atoms with Crippen molar-refractivity contribution in [2.75, 3.05) is 19.6 Å². The van der Waals surface area contributed by atoms with Crippen LogP contribution in [0.4, 0.5) is 0 Å². The molecule has 11 heavy (non-hydrogen) atoms. The van der Waals surface area contributed by atoms with Crippen LogP contribution in [0.25, 0.3) is 5.73 Å². The summed E-state index contributed by atoms with van der Waals surface area (Å²) in [5.74, 6) is 0.284. The maximum Gasteiger partial charge on any atom is 1.00 e. The summed E-state index contributed by atoms with van der Waals surface area (Å²) < 4.78 is 0. The summed E-state index contributed by atoms with van der Waals surface area (Å²) in [7, 11) is 0. The number of nitrogens with one attached hydrogen (secondary N) is 1. The molecule has 0 spiro atoms. The molecule has 0 radical (unpaired) electrons. The number of likely N-dealkylation sites (tertiary alicyclic amines) is 1. The Hall–Kier alpha value is 1.23. The van der Waals surface area contributed by atoms with E-state index in [-0.39, 0.29) is 63.2 Å². The van der Waals surface area contributed by atoms with E-state index in [1.165, 1.54) is 0 Å². The van der Waals surface area contributed by atoms with Crippen LogP contribution in [0.2, 0.25) is 0 Å². The molecule has 0 unspecified atom stereocenters.